The fourth-order valence-electron chi connectivity index (χ4n) is 4.69. The quantitative estimate of drug-likeness (QED) is 0.414. The number of carbonyl (C=O) groups is 3. The number of rotatable bonds is 7. The van der Waals surface area contributed by atoms with Gasteiger partial charge in [-0.2, -0.15) is 0 Å². The van der Waals surface area contributed by atoms with Crippen LogP contribution in [0.15, 0.2) is 18.2 Å². The molecule has 0 unspecified atom stereocenters. The van der Waals surface area contributed by atoms with Gasteiger partial charge < -0.3 is 33.2 Å². The molecule has 0 fully saturated rings. The zero-order valence-electron chi connectivity index (χ0n) is 20.9. The maximum absolute atomic E-state index is 13.8. The number of methoxy groups -OCH3 is 3. The number of esters is 2. The third kappa shape index (κ3) is 3.96. The van der Waals surface area contributed by atoms with E-state index >= 15 is 0 Å². The third-order valence-electron chi connectivity index (χ3n) is 6.28. The van der Waals surface area contributed by atoms with Gasteiger partial charge in [-0.15, -0.1) is 0 Å². The monoisotopic (exact) mass is 500 g/mol. The van der Waals surface area contributed by atoms with Gasteiger partial charge >= 0.3 is 11.9 Å². The first kappa shape index (κ1) is 25.2. The Morgan fingerprint density at radius 1 is 0.833 bits per heavy atom. The summed E-state index contributed by atoms with van der Waals surface area (Å²) in [5.41, 5.74) is -0.272. The molecular weight excluding hydrogens is 472 g/mol. The van der Waals surface area contributed by atoms with E-state index in [1.165, 1.54) is 21.3 Å². The van der Waals surface area contributed by atoms with Crippen molar-refractivity contribution in [3.05, 3.63) is 29.3 Å². The molecule has 0 atom stereocenters. The lowest BCUT2D eigenvalue weighted by Crippen LogP contribution is -2.46. The van der Waals surface area contributed by atoms with E-state index in [1.807, 2.05) is 0 Å². The number of ether oxygens (including phenoxy) is 7. The number of carbonyl (C=O) groups excluding carboxylic acids is 3. The molecule has 36 heavy (non-hydrogen) atoms. The van der Waals surface area contributed by atoms with Gasteiger partial charge in [0.2, 0.25) is 12.5 Å². The molecule has 4 rings (SSSR count). The maximum Gasteiger partial charge on any atom is 0.324 e. The number of Topliss-reactive ketones (excluding diaryl/α,β-unsaturated/α-hetero) is 1. The van der Waals surface area contributed by atoms with Gasteiger partial charge in [0, 0.05) is 29.5 Å². The number of benzene rings is 2. The van der Waals surface area contributed by atoms with Crippen molar-refractivity contribution in [3.8, 4) is 39.9 Å². The lowest BCUT2D eigenvalue weighted by molar-refractivity contribution is -0.172. The van der Waals surface area contributed by atoms with E-state index in [2.05, 4.69) is 0 Å². The summed E-state index contributed by atoms with van der Waals surface area (Å²) >= 11 is 0. The van der Waals surface area contributed by atoms with Crippen LogP contribution < -0.4 is 23.7 Å². The van der Waals surface area contributed by atoms with Gasteiger partial charge in [0.1, 0.15) is 0 Å². The van der Waals surface area contributed by atoms with E-state index in [0.29, 0.717) is 33.9 Å². The largest absolute Gasteiger partial charge is 0.493 e. The Bertz CT molecular complexity index is 1200. The van der Waals surface area contributed by atoms with Crippen LogP contribution in [0.2, 0.25) is 0 Å². The first-order valence-electron chi connectivity index (χ1n) is 11.5. The van der Waals surface area contributed by atoms with Gasteiger partial charge in [-0.05, 0) is 37.6 Å². The molecular formula is C26H28O10. The lowest BCUT2D eigenvalue weighted by Gasteiger charge is -2.32. The van der Waals surface area contributed by atoms with Crippen molar-refractivity contribution in [3.63, 3.8) is 0 Å². The van der Waals surface area contributed by atoms with E-state index in [-0.39, 0.29) is 43.5 Å². The van der Waals surface area contributed by atoms with Crippen molar-refractivity contribution >= 4 is 17.7 Å². The first-order chi connectivity index (χ1) is 17.3. The Balaban J connectivity index is 2.10. The highest BCUT2D eigenvalue weighted by Crippen LogP contribution is 2.53. The minimum atomic E-state index is -1.93. The van der Waals surface area contributed by atoms with E-state index in [1.54, 1.807) is 32.0 Å². The molecule has 2 aromatic carbocycles. The molecule has 0 bridgehead atoms. The summed E-state index contributed by atoms with van der Waals surface area (Å²) in [6.45, 7) is 3.29. The Hall–Kier alpha value is -3.95. The highest BCUT2D eigenvalue weighted by molar-refractivity contribution is 6.12. The fraction of sp³-hybridized carbons (Fsp3) is 0.423. The van der Waals surface area contributed by atoms with Gasteiger partial charge in [0.15, 0.2) is 34.2 Å². The van der Waals surface area contributed by atoms with Crippen LogP contribution in [-0.4, -0.2) is 59.1 Å². The summed E-state index contributed by atoms with van der Waals surface area (Å²) in [5, 5.41) is 0. The van der Waals surface area contributed by atoms with Crippen molar-refractivity contribution in [2.45, 2.75) is 26.7 Å². The minimum absolute atomic E-state index is 0.00205. The van der Waals surface area contributed by atoms with Crippen LogP contribution in [-0.2, 0) is 25.5 Å². The first-order valence-corrected chi connectivity index (χ1v) is 11.5. The molecule has 0 spiro atoms. The minimum Gasteiger partial charge on any atom is -0.493 e. The molecule has 0 N–H and O–H groups in total. The molecule has 1 heterocycles. The number of fused-ring (bicyclic) bond motifs is 4. The Morgan fingerprint density at radius 2 is 1.42 bits per heavy atom. The highest BCUT2D eigenvalue weighted by atomic mass is 16.7. The highest BCUT2D eigenvalue weighted by Gasteiger charge is 2.52. The Morgan fingerprint density at radius 3 is 1.94 bits per heavy atom. The molecule has 0 radical (unpaired) electrons. The van der Waals surface area contributed by atoms with Crippen LogP contribution in [0.3, 0.4) is 0 Å². The molecule has 192 valence electrons. The summed E-state index contributed by atoms with van der Waals surface area (Å²) in [6, 6.07) is 4.89. The zero-order chi connectivity index (χ0) is 26.0. The number of hydrogen-bond donors (Lipinski definition) is 0. The van der Waals surface area contributed by atoms with E-state index < -0.39 is 29.6 Å². The Labute approximate surface area is 208 Å². The van der Waals surface area contributed by atoms with Crippen LogP contribution in [0.5, 0.6) is 28.7 Å². The van der Waals surface area contributed by atoms with Gasteiger partial charge in [0.05, 0.1) is 34.5 Å². The standard InChI is InChI=1S/C26H28O10/c1-6-33-24(28)26(25(29)34-7-2)11-14-8-20(30-3)22(31-4)23(32-5)21(14)16-10-19-18(35-13-36-19)9-15(16)17(27)12-26/h8-10H,6-7,11-13H2,1-5H3. The van der Waals surface area contributed by atoms with E-state index in [4.69, 9.17) is 33.2 Å². The predicted molar refractivity (Wildman–Crippen MR) is 126 cm³/mol. The summed E-state index contributed by atoms with van der Waals surface area (Å²) in [5.74, 6) is -0.456. The van der Waals surface area contributed by atoms with Crippen LogP contribution >= 0.6 is 0 Å². The normalized spacial score (nSPS) is 15.1. The maximum atomic E-state index is 13.8. The summed E-state index contributed by atoms with van der Waals surface area (Å²) in [4.78, 5) is 40.5. The van der Waals surface area contributed by atoms with Gasteiger partial charge in [-0.25, -0.2) is 0 Å². The molecule has 0 saturated carbocycles. The molecule has 0 saturated heterocycles. The second-order valence-electron chi connectivity index (χ2n) is 8.23. The van der Waals surface area contributed by atoms with Crippen molar-refractivity contribution in [1.82, 2.24) is 0 Å². The molecule has 10 nitrogen and oxygen atoms in total. The average Bonchev–Trinajstić information content (AvgIpc) is 3.33. The molecule has 1 aliphatic heterocycles. The van der Waals surface area contributed by atoms with E-state index in [0.717, 1.165) is 0 Å². The van der Waals surface area contributed by atoms with Gasteiger partial charge in [-0.3, -0.25) is 14.4 Å². The fourth-order valence-corrected chi connectivity index (χ4v) is 4.69. The number of ketones is 1. The lowest BCUT2D eigenvalue weighted by atomic mass is 9.72. The summed E-state index contributed by atoms with van der Waals surface area (Å²) < 4.78 is 38.5. The van der Waals surface area contributed by atoms with Gasteiger partial charge in [-0.1, -0.05) is 0 Å². The predicted octanol–water partition coefficient (Wildman–Crippen LogP) is 3.35. The van der Waals surface area contributed by atoms with Crippen LogP contribution in [0.4, 0.5) is 0 Å². The summed E-state index contributed by atoms with van der Waals surface area (Å²) in [7, 11) is 4.38. The molecule has 10 heteroatoms. The zero-order valence-corrected chi connectivity index (χ0v) is 20.9. The van der Waals surface area contributed by atoms with Crippen molar-refractivity contribution < 1.29 is 47.5 Å². The second-order valence-corrected chi connectivity index (χ2v) is 8.23. The Kier molecular flexibility index (Phi) is 6.96. The SMILES string of the molecule is CCOC(=O)C1(C(=O)OCC)CC(=O)c2cc3c(cc2-c2c(cc(OC)c(OC)c2OC)C1)OCO3. The van der Waals surface area contributed by atoms with Crippen LogP contribution in [0, 0.1) is 5.41 Å². The second kappa shape index (κ2) is 9.96. The molecule has 0 amide bonds. The molecule has 0 aromatic heterocycles. The van der Waals surface area contributed by atoms with Crippen LogP contribution in [0.1, 0.15) is 36.2 Å². The molecule has 2 aliphatic rings. The topological polar surface area (TPSA) is 116 Å². The van der Waals surface area contributed by atoms with E-state index in [9.17, 15) is 14.4 Å². The van der Waals surface area contributed by atoms with Gasteiger partial charge in [0.25, 0.3) is 0 Å². The molecule has 2 aromatic rings. The average molecular weight is 501 g/mol. The number of hydrogen-bond acceptors (Lipinski definition) is 10. The van der Waals surface area contributed by atoms with Crippen molar-refractivity contribution in [2.24, 2.45) is 5.41 Å². The molecule has 1 aliphatic carbocycles. The van der Waals surface area contributed by atoms with Crippen molar-refractivity contribution in [1.29, 1.82) is 0 Å². The van der Waals surface area contributed by atoms with Crippen molar-refractivity contribution in [2.75, 3.05) is 41.3 Å². The summed E-state index contributed by atoms with van der Waals surface area (Å²) in [6.07, 6.45) is -0.663. The van der Waals surface area contributed by atoms with Crippen LogP contribution in [0.25, 0.3) is 11.1 Å². The third-order valence-corrected chi connectivity index (χ3v) is 6.28. The smallest absolute Gasteiger partial charge is 0.324 e.